The van der Waals surface area contributed by atoms with Gasteiger partial charge in [-0.1, -0.05) is 0 Å². The monoisotopic (exact) mass is 188 g/mol. The van der Waals surface area contributed by atoms with Crippen LogP contribution in [0.1, 0.15) is 23.0 Å². The molecule has 0 radical (unpaired) electrons. The third-order valence-electron chi connectivity index (χ3n) is 1.70. The predicted octanol–water partition coefficient (Wildman–Crippen LogP) is 0.412. The minimum atomic E-state index is 0.399. The van der Waals surface area contributed by atoms with Crippen molar-refractivity contribution in [1.82, 2.24) is 9.19 Å². The Hall–Kier alpha value is -0.141. The van der Waals surface area contributed by atoms with Gasteiger partial charge in [-0.2, -0.15) is 0 Å². The summed E-state index contributed by atoms with van der Waals surface area (Å²) in [5.41, 5.74) is 1.32. The molecule has 1 aliphatic rings. The number of hydrogen-bond donors (Lipinski definition) is 0. The molecule has 2 nitrogen and oxygen atoms in total. The van der Waals surface area contributed by atoms with Crippen LogP contribution in [-0.4, -0.2) is 23.9 Å². The summed E-state index contributed by atoms with van der Waals surface area (Å²) in [6.45, 7) is 0. The normalized spacial score (nSPS) is 17.3. The first-order valence-electron chi connectivity index (χ1n) is 3.27. The second-order valence-corrected chi connectivity index (χ2v) is 4.11. The van der Waals surface area contributed by atoms with Gasteiger partial charge in [0.1, 0.15) is 0 Å². The summed E-state index contributed by atoms with van der Waals surface area (Å²) in [6, 6.07) is 0. The Morgan fingerprint density at radius 1 is 1.22 bits per heavy atom. The maximum atomic E-state index is 4.09. The third kappa shape index (κ3) is 0.949. The van der Waals surface area contributed by atoms with Gasteiger partial charge in [-0.3, -0.25) is 0 Å². The van der Waals surface area contributed by atoms with Crippen molar-refractivity contribution in [3.63, 3.8) is 0 Å². The van der Waals surface area contributed by atoms with Crippen LogP contribution in [0.3, 0.4) is 0 Å². The van der Waals surface area contributed by atoms with Crippen molar-refractivity contribution in [2.45, 2.75) is 25.7 Å². The first-order valence-corrected chi connectivity index (χ1v) is 4.89. The van der Waals surface area contributed by atoms with Crippen LogP contribution in [0.15, 0.2) is 0 Å². The molecule has 0 aromatic carbocycles. The number of fused-ring (bicyclic) bond motifs is 1. The summed E-state index contributed by atoms with van der Waals surface area (Å²) < 4.78 is 5.60. The number of hydrogen-bond acceptors (Lipinski definition) is 2. The number of aryl methyl sites for hydroxylation is 2. The standard InChI is InChI=1S/C6H8N2Se/c1-2-4-6-5(3-1)7-8-9-6/h1-4H2. The van der Waals surface area contributed by atoms with Gasteiger partial charge >= 0.3 is 59.7 Å². The predicted molar refractivity (Wildman–Crippen MR) is 35.6 cm³/mol. The Kier molecular flexibility index (Phi) is 1.40. The van der Waals surface area contributed by atoms with Crippen LogP contribution in [0.2, 0.25) is 0 Å². The molecular weight excluding hydrogens is 179 g/mol. The Morgan fingerprint density at radius 2 is 2.11 bits per heavy atom. The van der Waals surface area contributed by atoms with Crippen molar-refractivity contribution < 1.29 is 0 Å². The fraction of sp³-hybridized carbons (Fsp3) is 0.667. The average Bonchev–Trinajstić information content (AvgIpc) is 2.33. The molecule has 0 aliphatic heterocycles. The zero-order valence-corrected chi connectivity index (χ0v) is 6.84. The summed E-state index contributed by atoms with van der Waals surface area (Å²) in [5.74, 6) is 0. The third-order valence-corrected chi connectivity index (χ3v) is 3.43. The molecule has 1 aliphatic carbocycles. The van der Waals surface area contributed by atoms with E-state index in [1.165, 1.54) is 31.4 Å². The molecule has 0 bridgehead atoms. The van der Waals surface area contributed by atoms with E-state index in [4.69, 9.17) is 0 Å². The van der Waals surface area contributed by atoms with Crippen molar-refractivity contribution in [3.05, 3.63) is 10.1 Å². The topological polar surface area (TPSA) is 25.8 Å². The van der Waals surface area contributed by atoms with Crippen molar-refractivity contribution in [2.75, 3.05) is 0 Å². The van der Waals surface area contributed by atoms with Crippen LogP contribution in [0, 0.1) is 0 Å². The van der Waals surface area contributed by atoms with E-state index in [1.807, 2.05) is 0 Å². The van der Waals surface area contributed by atoms with Crippen LogP contribution in [0.25, 0.3) is 0 Å². The van der Waals surface area contributed by atoms with E-state index < -0.39 is 0 Å². The molecule has 1 aromatic rings. The van der Waals surface area contributed by atoms with Gasteiger partial charge in [0.05, 0.1) is 0 Å². The van der Waals surface area contributed by atoms with E-state index in [9.17, 15) is 0 Å². The molecule has 0 atom stereocenters. The first-order chi connectivity index (χ1) is 4.47. The molecule has 0 N–H and O–H groups in total. The van der Waals surface area contributed by atoms with Crippen LogP contribution >= 0.6 is 0 Å². The molecule has 0 spiro atoms. The number of rotatable bonds is 0. The van der Waals surface area contributed by atoms with Crippen LogP contribution in [-0.2, 0) is 12.8 Å². The fourth-order valence-electron chi connectivity index (χ4n) is 1.18. The fourth-order valence-corrected chi connectivity index (χ4v) is 2.70. The molecule has 9 heavy (non-hydrogen) atoms. The maximum absolute atomic E-state index is 4.09. The Morgan fingerprint density at radius 3 is 3.00 bits per heavy atom. The molecule has 0 fully saturated rings. The van der Waals surface area contributed by atoms with Gasteiger partial charge in [-0.15, -0.1) is 0 Å². The van der Waals surface area contributed by atoms with E-state index in [2.05, 4.69) is 9.19 Å². The zero-order valence-electron chi connectivity index (χ0n) is 5.13. The van der Waals surface area contributed by atoms with Crippen molar-refractivity contribution in [1.29, 1.82) is 0 Å². The first kappa shape index (κ1) is 5.63. The van der Waals surface area contributed by atoms with Crippen LogP contribution in [0.5, 0.6) is 0 Å². The van der Waals surface area contributed by atoms with Gasteiger partial charge in [0.15, 0.2) is 0 Å². The molecule has 3 heteroatoms. The van der Waals surface area contributed by atoms with Gasteiger partial charge in [0.25, 0.3) is 0 Å². The van der Waals surface area contributed by atoms with Gasteiger partial charge in [0, 0.05) is 0 Å². The minimum absolute atomic E-state index is 0.399. The molecule has 1 heterocycles. The quantitative estimate of drug-likeness (QED) is 0.550. The summed E-state index contributed by atoms with van der Waals surface area (Å²) >= 11 is 0.399. The van der Waals surface area contributed by atoms with Gasteiger partial charge in [0.2, 0.25) is 0 Å². The summed E-state index contributed by atoms with van der Waals surface area (Å²) in [5, 5.41) is 4.09. The van der Waals surface area contributed by atoms with Crippen molar-refractivity contribution in [3.8, 4) is 0 Å². The van der Waals surface area contributed by atoms with E-state index in [0.29, 0.717) is 14.7 Å². The van der Waals surface area contributed by atoms with E-state index in [1.54, 1.807) is 4.44 Å². The molecule has 0 saturated heterocycles. The molecule has 48 valence electrons. The molecule has 2 rings (SSSR count). The van der Waals surface area contributed by atoms with Crippen LogP contribution < -0.4 is 0 Å². The summed E-state index contributed by atoms with van der Waals surface area (Å²) in [4.78, 5) is 0. The Labute approximate surface area is 60.3 Å². The van der Waals surface area contributed by atoms with E-state index >= 15 is 0 Å². The molecule has 0 saturated carbocycles. The van der Waals surface area contributed by atoms with Crippen molar-refractivity contribution in [2.24, 2.45) is 0 Å². The zero-order chi connectivity index (χ0) is 6.10. The average molecular weight is 187 g/mol. The second-order valence-electron chi connectivity index (χ2n) is 2.35. The van der Waals surface area contributed by atoms with Crippen molar-refractivity contribution >= 4 is 14.7 Å². The van der Waals surface area contributed by atoms with Gasteiger partial charge in [-0.25, -0.2) is 0 Å². The molecule has 1 aromatic heterocycles. The molecule has 0 amide bonds. The summed E-state index contributed by atoms with van der Waals surface area (Å²) in [6.07, 6.45) is 5.17. The number of aromatic nitrogens is 2. The Bertz CT molecular complexity index is 186. The number of nitrogens with zero attached hydrogens (tertiary/aromatic N) is 2. The van der Waals surface area contributed by atoms with E-state index in [-0.39, 0.29) is 0 Å². The molecular formula is C6H8N2Se. The Balaban J connectivity index is 2.39. The van der Waals surface area contributed by atoms with Gasteiger partial charge in [-0.05, 0) is 0 Å². The SMILES string of the molecule is C1CCc2[se]nnc2C1. The van der Waals surface area contributed by atoms with E-state index in [0.717, 1.165) is 0 Å². The molecule has 0 unspecified atom stereocenters. The van der Waals surface area contributed by atoms with Crippen LogP contribution in [0.4, 0.5) is 0 Å². The second kappa shape index (κ2) is 2.24. The summed E-state index contributed by atoms with van der Waals surface area (Å²) in [7, 11) is 0. The van der Waals surface area contributed by atoms with Gasteiger partial charge < -0.3 is 0 Å².